The van der Waals surface area contributed by atoms with Gasteiger partial charge in [0, 0.05) is 44.4 Å². The molecule has 7 aromatic carbocycles. The van der Waals surface area contributed by atoms with Gasteiger partial charge in [-0.3, -0.25) is 4.98 Å². The Bertz CT molecular complexity index is 3210. The zero-order valence-electron chi connectivity index (χ0n) is 29.9. The molecule has 0 N–H and O–H groups in total. The van der Waals surface area contributed by atoms with Crippen LogP contribution < -0.4 is 0 Å². The topological polar surface area (TPSA) is 38.7 Å². The molecule has 0 saturated heterocycles. The van der Waals surface area contributed by atoms with Crippen LogP contribution in [-0.2, 0) is 6.42 Å². The third-order valence-corrected chi connectivity index (χ3v) is 11.1. The predicted octanol–water partition coefficient (Wildman–Crippen LogP) is 13.3. The van der Waals surface area contributed by atoms with Gasteiger partial charge in [0.05, 0.1) is 28.1 Å². The van der Waals surface area contributed by atoms with Crippen molar-refractivity contribution >= 4 is 65.8 Å². The molecule has 10 aromatic rings. The summed E-state index contributed by atoms with van der Waals surface area (Å²) in [6.45, 7) is 0. The first-order valence-electron chi connectivity index (χ1n) is 18.8. The van der Waals surface area contributed by atoms with E-state index in [1.54, 1.807) is 0 Å². The van der Waals surface area contributed by atoms with E-state index in [1.807, 2.05) is 6.20 Å². The number of hydrogen-bond acceptors (Lipinski definition) is 3. The largest absolute Gasteiger partial charge is 0.256 e. The molecule has 0 amide bonds. The lowest BCUT2D eigenvalue weighted by atomic mass is 9.89. The van der Waals surface area contributed by atoms with Crippen molar-refractivity contribution in [2.45, 2.75) is 6.42 Å². The highest BCUT2D eigenvalue weighted by Gasteiger charge is 2.18. The highest BCUT2D eigenvalue weighted by molar-refractivity contribution is 6.33. The SMILES string of the molecule is C1=Cc2ccc3ccc(-c4ccc(-c5cccc(-c6nc7ccccc7c7c8ccccc8c8ccccc8c67)c5)nc4)nc3c2CC=C1c1ccccc1. The van der Waals surface area contributed by atoms with Crippen molar-refractivity contribution in [3.63, 3.8) is 0 Å². The van der Waals surface area contributed by atoms with Crippen LogP contribution in [0.1, 0.15) is 16.7 Å². The van der Waals surface area contributed by atoms with Crippen molar-refractivity contribution < 1.29 is 0 Å². The van der Waals surface area contributed by atoms with E-state index in [9.17, 15) is 0 Å². The van der Waals surface area contributed by atoms with E-state index >= 15 is 0 Å². The molecule has 0 bridgehead atoms. The summed E-state index contributed by atoms with van der Waals surface area (Å²) in [6, 6.07) is 58.2. The summed E-state index contributed by atoms with van der Waals surface area (Å²) < 4.78 is 0. The maximum Gasteiger partial charge on any atom is 0.0794 e. The lowest BCUT2D eigenvalue weighted by Crippen LogP contribution is -1.95. The first-order chi connectivity index (χ1) is 27.3. The Morgan fingerprint density at radius 1 is 0.436 bits per heavy atom. The molecule has 3 nitrogen and oxygen atoms in total. The summed E-state index contributed by atoms with van der Waals surface area (Å²) in [5.74, 6) is 0. The van der Waals surface area contributed by atoms with E-state index in [0.29, 0.717) is 0 Å². The van der Waals surface area contributed by atoms with Crippen LogP contribution in [0.25, 0.3) is 99.5 Å². The molecule has 256 valence electrons. The van der Waals surface area contributed by atoms with Crippen molar-refractivity contribution in [3.8, 4) is 33.8 Å². The Balaban J connectivity index is 0.992. The monoisotopic (exact) mass is 699 g/mol. The number of benzene rings is 7. The number of fused-ring (bicyclic) bond motifs is 11. The number of pyridine rings is 3. The molecule has 0 aliphatic heterocycles. The number of para-hydroxylation sites is 1. The quantitative estimate of drug-likeness (QED) is 0.172. The molecule has 0 saturated carbocycles. The average molecular weight is 700 g/mol. The van der Waals surface area contributed by atoms with Gasteiger partial charge in [-0.15, -0.1) is 0 Å². The van der Waals surface area contributed by atoms with Crippen molar-refractivity contribution in [2.75, 3.05) is 0 Å². The smallest absolute Gasteiger partial charge is 0.0794 e. The first kappa shape index (κ1) is 31.3. The van der Waals surface area contributed by atoms with Crippen molar-refractivity contribution in [2.24, 2.45) is 0 Å². The lowest BCUT2D eigenvalue weighted by molar-refractivity contribution is 1.25. The molecule has 0 fully saturated rings. The fourth-order valence-electron chi connectivity index (χ4n) is 8.48. The van der Waals surface area contributed by atoms with Gasteiger partial charge in [-0.1, -0.05) is 152 Å². The second-order valence-corrected chi connectivity index (χ2v) is 14.3. The minimum Gasteiger partial charge on any atom is -0.256 e. The minimum atomic E-state index is 0.821. The summed E-state index contributed by atoms with van der Waals surface area (Å²) >= 11 is 0. The molecule has 1 aliphatic carbocycles. The van der Waals surface area contributed by atoms with Gasteiger partial charge in [-0.2, -0.15) is 0 Å². The molecule has 55 heavy (non-hydrogen) atoms. The maximum atomic E-state index is 5.36. The van der Waals surface area contributed by atoms with Gasteiger partial charge in [0.25, 0.3) is 0 Å². The number of rotatable bonds is 4. The molecule has 0 atom stereocenters. The Labute approximate surface area is 318 Å². The van der Waals surface area contributed by atoms with Gasteiger partial charge < -0.3 is 0 Å². The summed E-state index contributed by atoms with van der Waals surface area (Å²) in [5, 5.41) is 9.67. The Kier molecular flexibility index (Phi) is 7.24. The zero-order valence-corrected chi connectivity index (χ0v) is 29.9. The Morgan fingerprint density at radius 3 is 1.91 bits per heavy atom. The van der Waals surface area contributed by atoms with Crippen molar-refractivity contribution in [3.05, 3.63) is 199 Å². The van der Waals surface area contributed by atoms with Gasteiger partial charge in [0.2, 0.25) is 0 Å². The molecule has 11 rings (SSSR count). The summed E-state index contributed by atoms with van der Waals surface area (Å²) in [4.78, 5) is 15.6. The maximum absolute atomic E-state index is 5.36. The fourth-order valence-corrected chi connectivity index (χ4v) is 8.48. The Morgan fingerprint density at radius 2 is 1.11 bits per heavy atom. The molecular weight excluding hydrogens is 667 g/mol. The number of allylic oxidation sites excluding steroid dienone is 3. The highest BCUT2D eigenvalue weighted by atomic mass is 14.7. The second kappa shape index (κ2) is 12.7. The molecule has 0 radical (unpaired) electrons. The third-order valence-electron chi connectivity index (χ3n) is 11.1. The van der Waals surface area contributed by atoms with E-state index in [1.165, 1.54) is 60.0 Å². The van der Waals surface area contributed by atoms with Crippen LogP contribution in [0.2, 0.25) is 0 Å². The minimum absolute atomic E-state index is 0.821. The predicted molar refractivity (Wildman–Crippen MR) is 231 cm³/mol. The van der Waals surface area contributed by atoms with Crippen LogP contribution in [0, 0.1) is 0 Å². The fraction of sp³-hybridized carbons (Fsp3) is 0.0192. The number of hydrogen-bond donors (Lipinski definition) is 0. The second-order valence-electron chi connectivity index (χ2n) is 14.3. The van der Waals surface area contributed by atoms with Crippen molar-refractivity contribution in [1.82, 2.24) is 15.0 Å². The summed E-state index contributed by atoms with van der Waals surface area (Å²) in [7, 11) is 0. The van der Waals surface area contributed by atoms with Crippen molar-refractivity contribution in [1.29, 1.82) is 0 Å². The zero-order chi connectivity index (χ0) is 36.3. The van der Waals surface area contributed by atoms with Crippen LogP contribution >= 0.6 is 0 Å². The van der Waals surface area contributed by atoms with Crippen LogP contribution in [0.5, 0.6) is 0 Å². The van der Waals surface area contributed by atoms with Crippen LogP contribution in [-0.4, -0.2) is 15.0 Å². The molecular formula is C52H33N3. The van der Waals surface area contributed by atoms with Gasteiger partial charge in [-0.05, 0) is 80.6 Å². The van der Waals surface area contributed by atoms with E-state index in [0.717, 1.165) is 56.6 Å². The Hall–Kier alpha value is -7.23. The number of aromatic nitrogens is 3. The normalized spacial score (nSPS) is 12.7. The van der Waals surface area contributed by atoms with Gasteiger partial charge in [-0.25, -0.2) is 9.97 Å². The van der Waals surface area contributed by atoms with E-state index in [4.69, 9.17) is 15.0 Å². The molecule has 0 unspecified atom stereocenters. The van der Waals surface area contributed by atoms with E-state index in [-0.39, 0.29) is 0 Å². The molecule has 1 aliphatic rings. The van der Waals surface area contributed by atoms with Crippen LogP contribution in [0.15, 0.2) is 182 Å². The lowest BCUT2D eigenvalue weighted by Gasteiger charge is -2.16. The average Bonchev–Trinajstić information content (AvgIpc) is 3.49. The van der Waals surface area contributed by atoms with E-state index < -0.39 is 0 Å². The van der Waals surface area contributed by atoms with Gasteiger partial charge in [0.1, 0.15) is 0 Å². The summed E-state index contributed by atoms with van der Waals surface area (Å²) in [5.41, 5.74) is 12.8. The highest BCUT2D eigenvalue weighted by Crippen LogP contribution is 2.43. The standard InChI is InChI=1S/C52H33N3/c1-2-11-33(12-3-1)34-21-22-35-23-24-36-26-30-47(54-51(36)40(35)28-25-34)39-27-29-46(53-32-39)37-13-10-14-38(31-37)52-50-44-18-7-5-16-42(44)41-15-4-6-17-43(41)49(50)45-19-8-9-20-48(45)55-52/h1-27,29-32H,28H2. The van der Waals surface area contributed by atoms with Gasteiger partial charge >= 0.3 is 0 Å². The van der Waals surface area contributed by atoms with E-state index in [2.05, 4.69) is 182 Å². The summed E-state index contributed by atoms with van der Waals surface area (Å²) in [6.07, 6.45) is 9.53. The first-order valence-corrected chi connectivity index (χ1v) is 18.8. The van der Waals surface area contributed by atoms with Crippen LogP contribution in [0.4, 0.5) is 0 Å². The van der Waals surface area contributed by atoms with Crippen LogP contribution in [0.3, 0.4) is 0 Å². The van der Waals surface area contributed by atoms with Gasteiger partial charge in [0.15, 0.2) is 0 Å². The number of nitrogens with zero attached hydrogens (tertiary/aromatic N) is 3. The third kappa shape index (κ3) is 5.24. The molecule has 3 heteroatoms. The molecule has 3 heterocycles. The molecule has 0 spiro atoms. The molecule has 3 aromatic heterocycles.